The summed E-state index contributed by atoms with van der Waals surface area (Å²) in [5.74, 6) is 1.82. The number of unbranched alkanes of at least 4 members (excludes halogenated alkanes) is 2. The summed E-state index contributed by atoms with van der Waals surface area (Å²) in [7, 11) is 0. The van der Waals surface area contributed by atoms with E-state index in [2.05, 4.69) is 94.4 Å². The van der Waals surface area contributed by atoms with Crippen molar-refractivity contribution in [3.8, 4) is 11.5 Å². The van der Waals surface area contributed by atoms with Crippen LogP contribution in [0.4, 0.5) is 0 Å². The van der Waals surface area contributed by atoms with Crippen molar-refractivity contribution in [1.82, 2.24) is 0 Å². The molecule has 0 saturated carbocycles. The second kappa shape index (κ2) is 9.53. The lowest BCUT2D eigenvalue weighted by Gasteiger charge is -2.31. The number of hydrogen-bond donors (Lipinski definition) is 0. The van der Waals surface area contributed by atoms with Gasteiger partial charge >= 0.3 is 0 Å². The molecule has 3 nitrogen and oxygen atoms in total. The Morgan fingerprint density at radius 2 is 1.57 bits per heavy atom. The number of rotatable bonds is 8. The smallest absolute Gasteiger partial charge is 0.166 e. The van der Waals surface area contributed by atoms with E-state index in [4.69, 9.17) is 14.5 Å². The first-order chi connectivity index (χ1) is 16.8. The van der Waals surface area contributed by atoms with Crippen LogP contribution in [0, 0.1) is 0 Å². The van der Waals surface area contributed by atoms with Crippen LogP contribution in [0.3, 0.4) is 0 Å². The average Bonchev–Trinajstić information content (AvgIpc) is 3.16. The van der Waals surface area contributed by atoms with Crippen molar-refractivity contribution in [1.29, 1.82) is 0 Å². The van der Waals surface area contributed by atoms with E-state index in [1.165, 1.54) is 34.2 Å². The molecule has 5 rings (SSSR count). The van der Waals surface area contributed by atoms with Crippen molar-refractivity contribution in [3.63, 3.8) is 0 Å². The molecule has 0 saturated heterocycles. The van der Waals surface area contributed by atoms with Gasteiger partial charge in [-0.15, -0.1) is 0 Å². The van der Waals surface area contributed by atoms with Gasteiger partial charge in [-0.05, 0) is 77.0 Å². The molecule has 0 bridgehead atoms. The fourth-order valence-electron chi connectivity index (χ4n) is 5.42. The molecule has 0 aromatic heterocycles. The first-order valence-electron chi connectivity index (χ1n) is 13.0. The SMILES string of the molecule is CC1(C)Cc2cc(OCCCCCc3ccccc3)c3c(c2C(c2ccccc2)=N1)CC(C)(C)O3. The molecule has 0 fully saturated rings. The molecule has 35 heavy (non-hydrogen) atoms. The van der Waals surface area contributed by atoms with Crippen LogP contribution in [0.2, 0.25) is 0 Å². The number of nitrogens with zero attached hydrogens (tertiary/aromatic N) is 1. The molecule has 0 amide bonds. The second-order valence-corrected chi connectivity index (χ2v) is 11.2. The Balaban J connectivity index is 1.37. The van der Waals surface area contributed by atoms with E-state index in [0.717, 1.165) is 49.3 Å². The number of benzene rings is 3. The van der Waals surface area contributed by atoms with Gasteiger partial charge in [-0.1, -0.05) is 60.7 Å². The Bertz CT molecular complexity index is 1210. The first kappa shape index (κ1) is 23.7. The molecule has 0 atom stereocenters. The van der Waals surface area contributed by atoms with Gasteiger partial charge < -0.3 is 9.47 Å². The van der Waals surface area contributed by atoms with Crippen molar-refractivity contribution in [3.05, 3.63) is 94.5 Å². The first-order valence-corrected chi connectivity index (χ1v) is 13.0. The molecule has 0 spiro atoms. The Hall–Kier alpha value is -3.07. The number of fused-ring (bicyclic) bond motifs is 3. The molecule has 0 unspecified atom stereocenters. The van der Waals surface area contributed by atoms with E-state index >= 15 is 0 Å². The lowest BCUT2D eigenvalue weighted by atomic mass is 9.81. The highest BCUT2D eigenvalue weighted by Crippen LogP contribution is 2.48. The molecule has 3 aromatic carbocycles. The topological polar surface area (TPSA) is 30.8 Å². The van der Waals surface area contributed by atoms with E-state index < -0.39 is 0 Å². The van der Waals surface area contributed by atoms with Crippen molar-refractivity contribution in [2.24, 2.45) is 4.99 Å². The fourth-order valence-corrected chi connectivity index (χ4v) is 5.42. The van der Waals surface area contributed by atoms with Crippen LogP contribution in [0.25, 0.3) is 0 Å². The van der Waals surface area contributed by atoms with Gasteiger partial charge in [0.1, 0.15) is 5.60 Å². The van der Waals surface area contributed by atoms with Gasteiger partial charge in [-0.2, -0.15) is 0 Å². The second-order valence-electron chi connectivity index (χ2n) is 11.2. The van der Waals surface area contributed by atoms with Crippen LogP contribution in [-0.2, 0) is 19.3 Å². The summed E-state index contributed by atoms with van der Waals surface area (Å²) in [6, 6.07) is 23.5. The molecular formula is C32H37NO2. The molecule has 2 aliphatic heterocycles. The van der Waals surface area contributed by atoms with Crippen LogP contribution in [0.15, 0.2) is 71.7 Å². The van der Waals surface area contributed by atoms with E-state index in [-0.39, 0.29) is 11.1 Å². The van der Waals surface area contributed by atoms with Crippen molar-refractivity contribution < 1.29 is 9.47 Å². The van der Waals surface area contributed by atoms with Crippen molar-refractivity contribution in [2.45, 2.75) is 77.4 Å². The van der Waals surface area contributed by atoms with Gasteiger partial charge in [0.25, 0.3) is 0 Å². The third-order valence-electron chi connectivity index (χ3n) is 6.94. The van der Waals surface area contributed by atoms with Crippen molar-refractivity contribution >= 4 is 5.71 Å². The maximum atomic E-state index is 6.48. The highest BCUT2D eigenvalue weighted by atomic mass is 16.5. The highest BCUT2D eigenvalue weighted by Gasteiger charge is 2.39. The molecular weight excluding hydrogens is 430 g/mol. The molecule has 0 N–H and O–H groups in total. The largest absolute Gasteiger partial charge is 0.490 e. The van der Waals surface area contributed by atoms with Crippen LogP contribution < -0.4 is 9.47 Å². The van der Waals surface area contributed by atoms with Gasteiger partial charge in [0.2, 0.25) is 0 Å². The third-order valence-corrected chi connectivity index (χ3v) is 6.94. The minimum absolute atomic E-state index is 0.157. The minimum atomic E-state index is -0.250. The Labute approximate surface area is 210 Å². The zero-order chi connectivity index (χ0) is 24.5. The lowest BCUT2D eigenvalue weighted by Crippen LogP contribution is -2.30. The van der Waals surface area contributed by atoms with Gasteiger partial charge in [0.05, 0.1) is 17.9 Å². The van der Waals surface area contributed by atoms with Gasteiger partial charge in [0, 0.05) is 23.1 Å². The maximum Gasteiger partial charge on any atom is 0.166 e. The summed E-state index contributed by atoms with van der Waals surface area (Å²) in [6.07, 6.45) is 6.29. The molecule has 182 valence electrons. The summed E-state index contributed by atoms with van der Waals surface area (Å²) < 4.78 is 12.9. The van der Waals surface area contributed by atoms with Crippen molar-refractivity contribution in [2.75, 3.05) is 6.61 Å². The van der Waals surface area contributed by atoms with Gasteiger partial charge in [-0.25, -0.2) is 0 Å². The standard InChI is InChI=1S/C32H37NO2/c1-31(2)21-25-20-27(34-19-13-7-10-16-23-14-8-5-9-15-23)30-26(22-32(3,4)35-30)28(25)29(33-31)24-17-11-6-12-18-24/h5-6,8-9,11-12,14-15,17-18,20H,7,10,13,16,19,21-22H2,1-4H3. The third kappa shape index (κ3) is 5.29. The van der Waals surface area contributed by atoms with Gasteiger partial charge in [-0.3, -0.25) is 4.99 Å². The summed E-state index contributed by atoms with van der Waals surface area (Å²) >= 11 is 0. The van der Waals surface area contributed by atoms with E-state index in [1.54, 1.807) is 0 Å². The normalized spacial score (nSPS) is 17.2. The minimum Gasteiger partial charge on any atom is -0.490 e. The van der Waals surface area contributed by atoms with Crippen LogP contribution >= 0.6 is 0 Å². The summed E-state index contributed by atoms with van der Waals surface area (Å²) in [5, 5.41) is 0. The number of aryl methyl sites for hydroxylation is 1. The summed E-state index contributed by atoms with van der Waals surface area (Å²) in [4.78, 5) is 5.22. The van der Waals surface area contributed by atoms with E-state index in [9.17, 15) is 0 Å². The Morgan fingerprint density at radius 3 is 2.31 bits per heavy atom. The van der Waals surface area contributed by atoms with Gasteiger partial charge in [0.15, 0.2) is 11.5 Å². The lowest BCUT2D eigenvalue weighted by molar-refractivity contribution is 0.132. The Morgan fingerprint density at radius 1 is 0.857 bits per heavy atom. The highest BCUT2D eigenvalue weighted by molar-refractivity contribution is 6.16. The molecule has 0 radical (unpaired) electrons. The zero-order valence-corrected chi connectivity index (χ0v) is 21.6. The fraction of sp³-hybridized carbons (Fsp3) is 0.406. The molecule has 3 heteroatoms. The quantitative estimate of drug-likeness (QED) is 0.324. The molecule has 0 aliphatic carbocycles. The predicted octanol–water partition coefficient (Wildman–Crippen LogP) is 7.36. The van der Waals surface area contributed by atoms with Crippen LogP contribution in [0.1, 0.15) is 74.8 Å². The predicted molar refractivity (Wildman–Crippen MR) is 144 cm³/mol. The average molecular weight is 468 g/mol. The number of ether oxygens (including phenoxy) is 2. The van der Waals surface area contributed by atoms with Crippen LogP contribution in [-0.4, -0.2) is 23.5 Å². The monoisotopic (exact) mass is 467 g/mol. The van der Waals surface area contributed by atoms with E-state index in [0.29, 0.717) is 6.61 Å². The van der Waals surface area contributed by atoms with E-state index in [1.807, 2.05) is 0 Å². The molecule has 2 heterocycles. The molecule has 3 aromatic rings. The zero-order valence-electron chi connectivity index (χ0n) is 21.6. The van der Waals surface area contributed by atoms with Crippen LogP contribution in [0.5, 0.6) is 11.5 Å². The Kier molecular flexibility index (Phi) is 6.44. The number of hydrogen-bond acceptors (Lipinski definition) is 3. The summed E-state index contributed by atoms with van der Waals surface area (Å²) in [6.45, 7) is 9.49. The molecule has 2 aliphatic rings. The summed E-state index contributed by atoms with van der Waals surface area (Å²) in [5.41, 5.74) is 7.09. The maximum absolute atomic E-state index is 6.48. The number of aliphatic imine (C=N–C) groups is 1.